The highest BCUT2D eigenvalue weighted by Gasteiger charge is 2.01. The quantitative estimate of drug-likeness (QED) is 0.558. The molecule has 76 valence electrons. The van der Waals surface area contributed by atoms with Crippen LogP contribution in [0.2, 0.25) is 0 Å². The van der Waals surface area contributed by atoms with Crippen LogP contribution in [0.15, 0.2) is 24.3 Å². The summed E-state index contributed by atoms with van der Waals surface area (Å²) in [7, 11) is 0. The zero-order valence-corrected chi connectivity index (χ0v) is 8.56. The molecule has 0 saturated heterocycles. The van der Waals surface area contributed by atoms with Gasteiger partial charge in [-0.05, 0) is 25.0 Å². The van der Waals surface area contributed by atoms with Crippen molar-refractivity contribution in [1.82, 2.24) is 15.0 Å². The van der Waals surface area contributed by atoms with Crippen LogP contribution in [0, 0.1) is 12.3 Å². The molecule has 0 aliphatic heterocycles. The Kier molecular flexibility index (Phi) is 2.99. The molecule has 0 aliphatic rings. The maximum atomic E-state index is 5.19. The molecule has 0 bridgehead atoms. The average molecular weight is 199 g/mol. The number of fused-ring (bicyclic) bond motifs is 1. The molecule has 15 heavy (non-hydrogen) atoms. The number of aryl methyl sites for hydroxylation is 1. The van der Waals surface area contributed by atoms with Gasteiger partial charge in [-0.1, -0.05) is 17.3 Å². The van der Waals surface area contributed by atoms with Crippen molar-refractivity contribution in [3.05, 3.63) is 24.3 Å². The summed E-state index contributed by atoms with van der Waals surface area (Å²) < 4.78 is 1.94. The summed E-state index contributed by atoms with van der Waals surface area (Å²) in [5, 5.41) is 8.20. The molecular formula is C12H13N3. The number of rotatable bonds is 4. The minimum absolute atomic E-state index is 0.840. The molecule has 0 fully saturated rings. The predicted octanol–water partition coefficient (Wildman–Crippen LogP) is 2.23. The van der Waals surface area contributed by atoms with Crippen molar-refractivity contribution >= 4 is 11.0 Å². The van der Waals surface area contributed by atoms with Gasteiger partial charge in [0.1, 0.15) is 5.52 Å². The lowest BCUT2D eigenvalue weighted by Gasteiger charge is -2.00. The standard InChI is InChI=1S/C12H13N3/c1-2-3-4-7-10-15-12-9-6-5-8-11(12)13-14-15/h1,5-6,8-9H,3-4,7,10H2. The number of benzene rings is 1. The van der Waals surface area contributed by atoms with Crippen LogP contribution in [-0.2, 0) is 6.54 Å². The summed E-state index contributed by atoms with van der Waals surface area (Å²) in [5.41, 5.74) is 2.05. The van der Waals surface area contributed by atoms with Crippen LogP contribution in [-0.4, -0.2) is 15.0 Å². The van der Waals surface area contributed by atoms with Gasteiger partial charge in [0.2, 0.25) is 0 Å². The first-order chi connectivity index (χ1) is 7.42. The van der Waals surface area contributed by atoms with E-state index in [4.69, 9.17) is 6.42 Å². The van der Waals surface area contributed by atoms with Crippen molar-refractivity contribution in [2.24, 2.45) is 0 Å². The van der Waals surface area contributed by atoms with Crippen LogP contribution < -0.4 is 0 Å². The Morgan fingerprint density at radius 2 is 2.13 bits per heavy atom. The van der Waals surface area contributed by atoms with E-state index in [0.29, 0.717) is 0 Å². The number of aromatic nitrogens is 3. The van der Waals surface area contributed by atoms with E-state index < -0.39 is 0 Å². The molecule has 1 aromatic heterocycles. The average Bonchev–Trinajstić information content (AvgIpc) is 2.68. The molecule has 0 amide bonds. The maximum absolute atomic E-state index is 5.19. The van der Waals surface area contributed by atoms with Crippen LogP contribution in [0.1, 0.15) is 19.3 Å². The van der Waals surface area contributed by atoms with E-state index in [2.05, 4.69) is 16.2 Å². The SMILES string of the molecule is C#CCCCCn1nnc2ccccc21. The van der Waals surface area contributed by atoms with Crippen molar-refractivity contribution < 1.29 is 0 Å². The minimum atomic E-state index is 0.840. The van der Waals surface area contributed by atoms with Crippen molar-refractivity contribution in [3.63, 3.8) is 0 Å². The third-order valence-corrected chi connectivity index (χ3v) is 2.36. The molecule has 3 nitrogen and oxygen atoms in total. The fraction of sp³-hybridized carbons (Fsp3) is 0.333. The number of hydrogen-bond acceptors (Lipinski definition) is 2. The van der Waals surface area contributed by atoms with Crippen LogP contribution in [0.4, 0.5) is 0 Å². The number of unbranched alkanes of at least 4 members (excludes halogenated alkanes) is 2. The van der Waals surface area contributed by atoms with E-state index in [-0.39, 0.29) is 0 Å². The van der Waals surface area contributed by atoms with Gasteiger partial charge in [-0.3, -0.25) is 0 Å². The van der Waals surface area contributed by atoms with E-state index >= 15 is 0 Å². The summed E-state index contributed by atoms with van der Waals surface area (Å²) in [5.74, 6) is 2.64. The summed E-state index contributed by atoms with van der Waals surface area (Å²) >= 11 is 0. The predicted molar refractivity (Wildman–Crippen MR) is 60.2 cm³/mol. The van der Waals surface area contributed by atoms with Crippen LogP contribution in [0.5, 0.6) is 0 Å². The summed E-state index contributed by atoms with van der Waals surface area (Å²) in [4.78, 5) is 0. The lowest BCUT2D eigenvalue weighted by Crippen LogP contribution is -1.99. The zero-order chi connectivity index (χ0) is 10.5. The summed E-state index contributed by atoms with van der Waals surface area (Å²) in [6.45, 7) is 0.891. The largest absolute Gasteiger partial charge is 0.245 e. The highest BCUT2D eigenvalue weighted by atomic mass is 15.4. The smallest absolute Gasteiger partial charge is 0.113 e. The van der Waals surface area contributed by atoms with Crippen LogP contribution >= 0.6 is 0 Å². The van der Waals surface area contributed by atoms with Gasteiger partial charge in [0, 0.05) is 13.0 Å². The van der Waals surface area contributed by atoms with Gasteiger partial charge in [-0.2, -0.15) is 0 Å². The minimum Gasteiger partial charge on any atom is -0.245 e. The fourth-order valence-corrected chi connectivity index (χ4v) is 1.57. The van der Waals surface area contributed by atoms with Gasteiger partial charge >= 0.3 is 0 Å². The Bertz CT molecular complexity index is 479. The number of nitrogens with zero attached hydrogens (tertiary/aromatic N) is 3. The monoisotopic (exact) mass is 199 g/mol. The summed E-state index contributed by atoms with van der Waals surface area (Å²) in [6.07, 6.45) is 8.13. The van der Waals surface area contributed by atoms with Gasteiger partial charge < -0.3 is 0 Å². The van der Waals surface area contributed by atoms with Gasteiger partial charge in [-0.25, -0.2) is 4.68 Å². The van der Waals surface area contributed by atoms with E-state index in [1.807, 2.05) is 28.9 Å². The molecule has 0 saturated carbocycles. The zero-order valence-electron chi connectivity index (χ0n) is 8.56. The Morgan fingerprint density at radius 3 is 3.00 bits per heavy atom. The molecule has 1 heterocycles. The van der Waals surface area contributed by atoms with E-state index in [9.17, 15) is 0 Å². The lowest BCUT2D eigenvalue weighted by molar-refractivity contribution is 0.559. The number of hydrogen-bond donors (Lipinski definition) is 0. The molecular weight excluding hydrogens is 186 g/mol. The topological polar surface area (TPSA) is 30.7 Å². The molecule has 0 aliphatic carbocycles. The van der Waals surface area contributed by atoms with E-state index in [1.54, 1.807) is 0 Å². The normalized spacial score (nSPS) is 10.3. The molecule has 0 N–H and O–H groups in total. The van der Waals surface area contributed by atoms with Crippen molar-refractivity contribution in [2.75, 3.05) is 0 Å². The molecule has 2 aromatic rings. The van der Waals surface area contributed by atoms with Gasteiger partial charge in [0.15, 0.2) is 0 Å². The molecule has 0 radical (unpaired) electrons. The van der Waals surface area contributed by atoms with Crippen LogP contribution in [0.25, 0.3) is 11.0 Å². The van der Waals surface area contributed by atoms with Crippen molar-refractivity contribution in [1.29, 1.82) is 0 Å². The van der Waals surface area contributed by atoms with Gasteiger partial charge in [0.25, 0.3) is 0 Å². The van der Waals surface area contributed by atoms with Gasteiger partial charge in [0.05, 0.1) is 5.52 Å². The first kappa shape index (κ1) is 9.72. The molecule has 3 heteroatoms. The van der Waals surface area contributed by atoms with E-state index in [1.165, 1.54) is 0 Å². The third kappa shape index (κ3) is 2.16. The van der Waals surface area contributed by atoms with Crippen molar-refractivity contribution in [3.8, 4) is 12.3 Å². The Hall–Kier alpha value is -1.82. The Morgan fingerprint density at radius 1 is 1.27 bits per heavy atom. The van der Waals surface area contributed by atoms with Crippen molar-refractivity contribution in [2.45, 2.75) is 25.8 Å². The second kappa shape index (κ2) is 4.61. The Balaban J connectivity index is 2.05. The third-order valence-electron chi connectivity index (χ3n) is 2.36. The lowest BCUT2D eigenvalue weighted by atomic mass is 10.2. The highest BCUT2D eigenvalue weighted by Crippen LogP contribution is 2.10. The first-order valence-electron chi connectivity index (χ1n) is 5.13. The number of para-hydroxylation sites is 1. The second-order valence-electron chi connectivity index (χ2n) is 3.46. The van der Waals surface area contributed by atoms with E-state index in [0.717, 1.165) is 36.8 Å². The summed E-state index contributed by atoms with van der Waals surface area (Å²) in [6, 6.07) is 7.99. The molecule has 1 aromatic carbocycles. The number of terminal acetylenes is 1. The molecule has 2 rings (SSSR count). The maximum Gasteiger partial charge on any atom is 0.113 e. The van der Waals surface area contributed by atoms with Crippen LogP contribution in [0.3, 0.4) is 0 Å². The second-order valence-corrected chi connectivity index (χ2v) is 3.46. The molecule has 0 atom stereocenters. The highest BCUT2D eigenvalue weighted by molar-refractivity contribution is 5.73. The Labute approximate surface area is 89.1 Å². The van der Waals surface area contributed by atoms with Gasteiger partial charge in [-0.15, -0.1) is 17.4 Å². The molecule has 0 spiro atoms. The molecule has 0 unspecified atom stereocenters. The first-order valence-corrected chi connectivity index (χ1v) is 5.13. The fourth-order valence-electron chi connectivity index (χ4n) is 1.57.